The van der Waals surface area contributed by atoms with E-state index < -0.39 is 0 Å². The molecule has 1 aromatic carbocycles. The average molecular weight is 288 g/mol. The number of carbonyl (C=O) groups excluding carboxylic acids is 1. The third kappa shape index (κ3) is 2.90. The van der Waals surface area contributed by atoms with Gasteiger partial charge in [-0.3, -0.25) is 4.79 Å². The SMILES string of the molecule is O=C(NC1CCCC1CCl)c1cc(O)ccc1Cl. The van der Waals surface area contributed by atoms with Crippen LogP contribution in [0, 0.1) is 5.92 Å². The predicted molar refractivity (Wildman–Crippen MR) is 72.4 cm³/mol. The van der Waals surface area contributed by atoms with Crippen LogP contribution in [-0.2, 0) is 0 Å². The Kier molecular flexibility index (Phi) is 4.36. The van der Waals surface area contributed by atoms with E-state index in [4.69, 9.17) is 23.2 Å². The van der Waals surface area contributed by atoms with Gasteiger partial charge in [-0.15, -0.1) is 11.6 Å². The number of hydrogen-bond acceptors (Lipinski definition) is 2. The van der Waals surface area contributed by atoms with Crippen molar-refractivity contribution in [1.29, 1.82) is 0 Å². The van der Waals surface area contributed by atoms with Crippen LogP contribution in [-0.4, -0.2) is 22.9 Å². The number of aromatic hydroxyl groups is 1. The van der Waals surface area contributed by atoms with E-state index >= 15 is 0 Å². The van der Waals surface area contributed by atoms with Crippen LogP contribution < -0.4 is 5.32 Å². The zero-order valence-electron chi connectivity index (χ0n) is 9.83. The van der Waals surface area contributed by atoms with Gasteiger partial charge in [0.1, 0.15) is 5.75 Å². The second kappa shape index (κ2) is 5.81. The Balaban J connectivity index is 2.09. The number of phenols is 1. The molecular weight excluding hydrogens is 273 g/mol. The molecular formula is C13H15Cl2NO2. The van der Waals surface area contributed by atoms with Crippen LogP contribution in [0.5, 0.6) is 5.75 Å². The second-order valence-corrected chi connectivity index (χ2v) is 5.31. The number of halogens is 2. The minimum Gasteiger partial charge on any atom is -0.508 e. The lowest BCUT2D eigenvalue weighted by molar-refractivity contribution is 0.0930. The van der Waals surface area contributed by atoms with Gasteiger partial charge in [0.2, 0.25) is 0 Å². The van der Waals surface area contributed by atoms with Crippen LogP contribution in [0.1, 0.15) is 29.6 Å². The van der Waals surface area contributed by atoms with Crippen molar-refractivity contribution < 1.29 is 9.90 Å². The first kappa shape index (κ1) is 13.5. The molecule has 1 aromatic rings. The molecule has 3 nitrogen and oxygen atoms in total. The lowest BCUT2D eigenvalue weighted by atomic mass is 10.1. The van der Waals surface area contributed by atoms with Gasteiger partial charge >= 0.3 is 0 Å². The number of nitrogens with one attached hydrogen (secondary N) is 1. The Morgan fingerprint density at radius 2 is 2.22 bits per heavy atom. The molecule has 1 fully saturated rings. The molecule has 0 aliphatic heterocycles. The summed E-state index contributed by atoms with van der Waals surface area (Å²) >= 11 is 11.8. The van der Waals surface area contributed by atoms with Crippen molar-refractivity contribution >= 4 is 29.1 Å². The van der Waals surface area contributed by atoms with Crippen molar-refractivity contribution in [1.82, 2.24) is 5.32 Å². The van der Waals surface area contributed by atoms with E-state index in [1.165, 1.54) is 18.2 Å². The number of phenolic OH excluding ortho intramolecular Hbond substituents is 1. The first-order chi connectivity index (χ1) is 8.61. The highest BCUT2D eigenvalue weighted by atomic mass is 35.5. The molecule has 0 aromatic heterocycles. The number of hydrogen-bond donors (Lipinski definition) is 2. The summed E-state index contributed by atoms with van der Waals surface area (Å²) in [7, 11) is 0. The van der Waals surface area contributed by atoms with E-state index in [1.54, 1.807) is 0 Å². The number of amides is 1. The van der Waals surface area contributed by atoms with E-state index in [9.17, 15) is 9.90 Å². The molecule has 1 aliphatic rings. The van der Waals surface area contributed by atoms with Gasteiger partial charge in [0.15, 0.2) is 0 Å². The van der Waals surface area contributed by atoms with Crippen molar-refractivity contribution in [3.8, 4) is 5.75 Å². The summed E-state index contributed by atoms with van der Waals surface area (Å²) in [4.78, 5) is 12.1. The molecule has 0 radical (unpaired) electrons. The lowest BCUT2D eigenvalue weighted by Gasteiger charge is -2.19. The molecule has 2 N–H and O–H groups in total. The van der Waals surface area contributed by atoms with Gasteiger partial charge < -0.3 is 10.4 Å². The third-order valence-electron chi connectivity index (χ3n) is 3.37. The molecule has 1 saturated carbocycles. The molecule has 2 rings (SSSR count). The molecule has 0 saturated heterocycles. The van der Waals surface area contributed by atoms with Crippen molar-refractivity contribution in [2.45, 2.75) is 25.3 Å². The Labute approximate surface area is 116 Å². The standard InChI is InChI=1S/C13H15Cl2NO2/c14-7-8-2-1-3-12(8)16-13(18)10-6-9(17)4-5-11(10)15/h4-6,8,12,17H,1-3,7H2,(H,16,18). The average Bonchev–Trinajstić information content (AvgIpc) is 2.79. The molecule has 5 heteroatoms. The number of benzene rings is 1. The monoisotopic (exact) mass is 287 g/mol. The molecule has 1 aliphatic carbocycles. The van der Waals surface area contributed by atoms with Crippen LogP contribution in [0.3, 0.4) is 0 Å². The number of rotatable bonds is 3. The highest BCUT2D eigenvalue weighted by Gasteiger charge is 2.28. The molecule has 98 valence electrons. The zero-order chi connectivity index (χ0) is 13.1. The first-order valence-electron chi connectivity index (χ1n) is 5.97. The van der Waals surface area contributed by atoms with E-state index in [1.807, 2.05) is 0 Å². The van der Waals surface area contributed by atoms with E-state index in [0.29, 0.717) is 22.4 Å². The number of carbonyl (C=O) groups is 1. The van der Waals surface area contributed by atoms with Gasteiger partial charge in [-0.2, -0.15) is 0 Å². The normalized spacial score (nSPS) is 23.0. The van der Waals surface area contributed by atoms with Gasteiger partial charge in [-0.05, 0) is 37.0 Å². The Morgan fingerprint density at radius 3 is 2.94 bits per heavy atom. The Bertz CT molecular complexity index is 451. The van der Waals surface area contributed by atoms with Crippen LogP contribution >= 0.6 is 23.2 Å². The highest BCUT2D eigenvalue weighted by molar-refractivity contribution is 6.33. The first-order valence-corrected chi connectivity index (χ1v) is 6.88. The number of alkyl halides is 1. The summed E-state index contributed by atoms with van der Waals surface area (Å²) in [6.07, 6.45) is 3.07. The smallest absolute Gasteiger partial charge is 0.253 e. The molecule has 2 unspecified atom stereocenters. The minimum absolute atomic E-state index is 0.0323. The van der Waals surface area contributed by atoms with Crippen LogP contribution in [0.15, 0.2) is 18.2 Å². The van der Waals surface area contributed by atoms with Gasteiger partial charge in [-0.25, -0.2) is 0 Å². The van der Waals surface area contributed by atoms with Gasteiger partial charge in [-0.1, -0.05) is 18.0 Å². The largest absolute Gasteiger partial charge is 0.508 e. The fraction of sp³-hybridized carbons (Fsp3) is 0.462. The van der Waals surface area contributed by atoms with Crippen molar-refractivity contribution in [2.75, 3.05) is 5.88 Å². The van der Waals surface area contributed by atoms with E-state index in [-0.39, 0.29) is 17.7 Å². The Morgan fingerprint density at radius 1 is 1.44 bits per heavy atom. The Hall–Kier alpha value is -0.930. The molecule has 0 spiro atoms. The summed E-state index contributed by atoms with van der Waals surface area (Å²) in [5, 5.41) is 12.7. The highest BCUT2D eigenvalue weighted by Crippen LogP contribution is 2.28. The van der Waals surface area contributed by atoms with Crippen molar-refractivity contribution in [2.24, 2.45) is 5.92 Å². The fourth-order valence-corrected chi connectivity index (χ4v) is 2.92. The maximum atomic E-state index is 12.1. The van der Waals surface area contributed by atoms with E-state index in [0.717, 1.165) is 19.3 Å². The quantitative estimate of drug-likeness (QED) is 0.839. The lowest BCUT2D eigenvalue weighted by Crippen LogP contribution is -2.38. The molecule has 0 heterocycles. The van der Waals surface area contributed by atoms with Crippen molar-refractivity contribution in [3.05, 3.63) is 28.8 Å². The zero-order valence-corrected chi connectivity index (χ0v) is 11.3. The van der Waals surface area contributed by atoms with Gasteiger partial charge in [0.05, 0.1) is 10.6 Å². The summed E-state index contributed by atoms with van der Waals surface area (Å²) in [5.41, 5.74) is 0.303. The molecule has 0 bridgehead atoms. The minimum atomic E-state index is -0.252. The van der Waals surface area contributed by atoms with Crippen LogP contribution in [0.2, 0.25) is 5.02 Å². The topological polar surface area (TPSA) is 49.3 Å². The van der Waals surface area contributed by atoms with Gasteiger partial charge in [0, 0.05) is 11.9 Å². The van der Waals surface area contributed by atoms with Gasteiger partial charge in [0.25, 0.3) is 5.91 Å². The molecule has 2 atom stereocenters. The summed E-state index contributed by atoms with van der Waals surface area (Å²) in [6, 6.07) is 4.45. The third-order valence-corrected chi connectivity index (χ3v) is 4.09. The second-order valence-electron chi connectivity index (χ2n) is 4.59. The van der Waals surface area contributed by atoms with Crippen LogP contribution in [0.4, 0.5) is 0 Å². The molecule has 18 heavy (non-hydrogen) atoms. The summed E-state index contributed by atoms with van der Waals surface area (Å²) in [5.74, 6) is 0.660. The fourth-order valence-electron chi connectivity index (χ4n) is 2.34. The summed E-state index contributed by atoms with van der Waals surface area (Å²) in [6.45, 7) is 0. The van der Waals surface area contributed by atoms with Crippen LogP contribution in [0.25, 0.3) is 0 Å². The molecule has 1 amide bonds. The van der Waals surface area contributed by atoms with E-state index in [2.05, 4.69) is 5.32 Å². The maximum absolute atomic E-state index is 12.1. The predicted octanol–water partition coefficient (Wildman–Crippen LogP) is 3.18. The summed E-state index contributed by atoms with van der Waals surface area (Å²) < 4.78 is 0. The van der Waals surface area contributed by atoms with Crippen molar-refractivity contribution in [3.63, 3.8) is 0 Å². The maximum Gasteiger partial charge on any atom is 0.253 e.